The minimum absolute atomic E-state index is 0.00932. The first-order chi connectivity index (χ1) is 23.8. The summed E-state index contributed by atoms with van der Waals surface area (Å²) in [4.78, 5) is 0. The Balaban J connectivity index is 1.11. The third-order valence-electron chi connectivity index (χ3n) is 10.3. The molecule has 2 aliphatic heterocycles. The van der Waals surface area contributed by atoms with Crippen LogP contribution in [0, 0.1) is 0 Å². The van der Waals surface area contributed by atoms with Gasteiger partial charge in [0.2, 0.25) is 0 Å². The third-order valence-corrected chi connectivity index (χ3v) is 10.3. The Kier molecular flexibility index (Phi) is 5.19. The van der Waals surface area contributed by atoms with Gasteiger partial charge >= 0.3 is 0 Å². The van der Waals surface area contributed by atoms with E-state index in [-0.39, 0.29) is 6.71 Å². The molecule has 1 aromatic heterocycles. The summed E-state index contributed by atoms with van der Waals surface area (Å²) in [6.45, 7) is -0.00932. The van der Waals surface area contributed by atoms with Crippen molar-refractivity contribution in [2.45, 2.75) is 0 Å². The van der Waals surface area contributed by atoms with Crippen LogP contribution in [0.2, 0.25) is 0 Å². The maximum absolute atomic E-state index is 7.02. The maximum atomic E-state index is 7.02. The first kappa shape index (κ1) is 25.9. The van der Waals surface area contributed by atoms with Crippen molar-refractivity contribution < 1.29 is 9.47 Å². The second-order valence-corrected chi connectivity index (χ2v) is 12.8. The summed E-state index contributed by atoms with van der Waals surface area (Å²) in [5, 5.41) is 7.31. The van der Waals surface area contributed by atoms with E-state index in [1.54, 1.807) is 0 Å². The first-order valence-electron chi connectivity index (χ1n) is 16.5. The Morgan fingerprint density at radius 2 is 0.938 bits per heavy atom. The molecule has 0 N–H and O–H groups in total. The van der Waals surface area contributed by atoms with Crippen LogP contribution in [-0.2, 0) is 0 Å². The zero-order valence-electron chi connectivity index (χ0n) is 25.9. The predicted octanol–water partition coefficient (Wildman–Crippen LogP) is 9.48. The van der Waals surface area contributed by atoms with E-state index in [1.165, 1.54) is 48.9 Å². The summed E-state index contributed by atoms with van der Waals surface area (Å²) >= 11 is 0. The van der Waals surface area contributed by atoms with Crippen molar-refractivity contribution in [1.82, 2.24) is 4.57 Å². The number of hydrogen-bond donors (Lipinski definition) is 0. The highest BCUT2D eigenvalue weighted by Gasteiger charge is 2.42. The highest BCUT2D eigenvalue weighted by Crippen LogP contribution is 2.43. The van der Waals surface area contributed by atoms with Gasteiger partial charge in [0.05, 0.1) is 11.0 Å². The van der Waals surface area contributed by atoms with Gasteiger partial charge in [-0.25, -0.2) is 0 Å². The molecule has 0 saturated carbocycles. The van der Waals surface area contributed by atoms with E-state index >= 15 is 0 Å². The minimum Gasteiger partial charge on any atom is -0.458 e. The second-order valence-electron chi connectivity index (χ2n) is 12.8. The van der Waals surface area contributed by atoms with Crippen molar-refractivity contribution in [2.24, 2.45) is 0 Å². The molecule has 0 spiro atoms. The molecule has 0 saturated heterocycles. The third kappa shape index (κ3) is 3.49. The number of fused-ring (bicyclic) bond motifs is 12. The lowest BCUT2D eigenvalue weighted by Gasteiger charge is -2.34. The van der Waals surface area contributed by atoms with Crippen LogP contribution in [-0.4, -0.2) is 11.3 Å². The SMILES string of the molecule is c1ccc2c(c1)Oc1cc(-c3ccc(-n4c5ccccc5c5ccccc54)cc3)cc3c1B2c1c(c2ccccc2c2ccccc12)O3. The molecule has 0 unspecified atom stereocenters. The number of rotatable bonds is 2. The molecule has 2 aliphatic rings. The number of aromatic nitrogens is 1. The van der Waals surface area contributed by atoms with Crippen molar-refractivity contribution >= 4 is 66.5 Å². The van der Waals surface area contributed by atoms with Gasteiger partial charge in [0.15, 0.2) is 0 Å². The molecule has 0 fully saturated rings. The van der Waals surface area contributed by atoms with Crippen LogP contribution in [0.5, 0.6) is 23.0 Å². The van der Waals surface area contributed by atoms with Crippen LogP contribution >= 0.6 is 0 Å². The Morgan fingerprint density at radius 1 is 0.396 bits per heavy atom. The van der Waals surface area contributed by atoms with Gasteiger partial charge in [-0.1, -0.05) is 115 Å². The predicted molar refractivity (Wildman–Crippen MR) is 199 cm³/mol. The molecule has 0 bridgehead atoms. The van der Waals surface area contributed by atoms with E-state index in [2.05, 4.69) is 162 Å². The standard InChI is InChI=1S/C44H26BNO2/c1-3-15-34-30(11-1)31-12-2-4-16-35(31)44-42(34)45-36-17-7-10-20-39(36)47-40-25-28(26-41(48-44)43(40)45)27-21-23-29(24-22-27)46-37-18-8-5-13-32(37)33-14-6-9-19-38(33)46/h1-26H. The number of ether oxygens (including phenoxy) is 2. The number of benzene rings is 8. The van der Waals surface area contributed by atoms with Gasteiger partial charge in [0, 0.05) is 27.3 Å². The monoisotopic (exact) mass is 611 g/mol. The Labute approximate surface area is 277 Å². The van der Waals surface area contributed by atoms with Crippen molar-refractivity contribution in [3.05, 3.63) is 158 Å². The lowest BCUT2D eigenvalue weighted by atomic mass is 9.34. The average Bonchev–Trinajstić information content (AvgIpc) is 3.49. The minimum atomic E-state index is -0.00932. The van der Waals surface area contributed by atoms with Gasteiger partial charge in [-0.2, -0.15) is 0 Å². The maximum Gasteiger partial charge on any atom is 0.261 e. The number of nitrogens with zero attached hydrogens (tertiary/aromatic N) is 1. The van der Waals surface area contributed by atoms with Crippen LogP contribution in [0.4, 0.5) is 0 Å². The van der Waals surface area contributed by atoms with E-state index < -0.39 is 0 Å². The molecule has 0 atom stereocenters. The van der Waals surface area contributed by atoms with E-state index in [1.807, 2.05) is 0 Å². The highest BCUT2D eigenvalue weighted by molar-refractivity contribution is 6.99. The van der Waals surface area contributed by atoms with Gasteiger partial charge in [0.25, 0.3) is 6.71 Å². The van der Waals surface area contributed by atoms with Crippen LogP contribution in [0.15, 0.2) is 158 Å². The fraction of sp³-hybridized carbons (Fsp3) is 0. The molecule has 48 heavy (non-hydrogen) atoms. The van der Waals surface area contributed by atoms with E-state index in [0.29, 0.717) is 0 Å². The molecule has 3 nitrogen and oxygen atoms in total. The van der Waals surface area contributed by atoms with Gasteiger partial charge in [0.1, 0.15) is 23.0 Å². The summed E-state index contributed by atoms with van der Waals surface area (Å²) in [5.41, 5.74) is 9.16. The zero-order valence-corrected chi connectivity index (χ0v) is 25.9. The quantitative estimate of drug-likeness (QED) is 0.144. The molecule has 4 heteroatoms. The molecule has 222 valence electrons. The van der Waals surface area contributed by atoms with Crippen LogP contribution < -0.4 is 25.9 Å². The zero-order chi connectivity index (χ0) is 31.3. The average molecular weight is 612 g/mol. The fourth-order valence-corrected chi connectivity index (χ4v) is 8.25. The Morgan fingerprint density at radius 3 is 1.65 bits per heavy atom. The van der Waals surface area contributed by atoms with E-state index in [0.717, 1.165) is 50.7 Å². The van der Waals surface area contributed by atoms with Gasteiger partial charge in [-0.3, -0.25) is 0 Å². The molecule has 0 amide bonds. The summed E-state index contributed by atoms with van der Waals surface area (Å²) in [7, 11) is 0. The van der Waals surface area contributed by atoms with Gasteiger partial charge < -0.3 is 14.0 Å². The molecule has 0 aliphatic carbocycles. The highest BCUT2D eigenvalue weighted by atomic mass is 16.5. The largest absolute Gasteiger partial charge is 0.458 e. The van der Waals surface area contributed by atoms with Crippen LogP contribution in [0.1, 0.15) is 0 Å². The Bertz CT molecular complexity index is 2740. The van der Waals surface area contributed by atoms with Crippen molar-refractivity contribution in [3.63, 3.8) is 0 Å². The molecular formula is C44H26BNO2. The molecule has 8 aromatic carbocycles. The Hall–Kier alpha value is -6.26. The fourth-order valence-electron chi connectivity index (χ4n) is 8.25. The topological polar surface area (TPSA) is 23.4 Å². The summed E-state index contributed by atoms with van der Waals surface area (Å²) < 4.78 is 16.1. The molecule has 9 aromatic rings. The summed E-state index contributed by atoms with van der Waals surface area (Å²) in [6, 6.07) is 56.3. The van der Waals surface area contributed by atoms with Crippen molar-refractivity contribution in [1.29, 1.82) is 0 Å². The number of para-hydroxylation sites is 3. The second kappa shape index (κ2) is 9.63. The lowest BCUT2D eigenvalue weighted by molar-refractivity contribution is 0.467. The molecule has 11 rings (SSSR count). The van der Waals surface area contributed by atoms with Gasteiger partial charge in [-0.05, 0) is 80.7 Å². The molecule has 3 heterocycles. The molecule has 0 radical (unpaired) electrons. The van der Waals surface area contributed by atoms with Gasteiger partial charge in [-0.15, -0.1) is 0 Å². The summed E-state index contributed by atoms with van der Waals surface area (Å²) in [5.74, 6) is 3.52. The molecular weight excluding hydrogens is 585 g/mol. The normalized spacial score (nSPS) is 12.9. The van der Waals surface area contributed by atoms with Crippen molar-refractivity contribution in [2.75, 3.05) is 0 Å². The van der Waals surface area contributed by atoms with Crippen molar-refractivity contribution in [3.8, 4) is 39.8 Å². The van der Waals surface area contributed by atoms with E-state index in [4.69, 9.17) is 9.47 Å². The smallest absolute Gasteiger partial charge is 0.261 e. The van der Waals surface area contributed by atoms with E-state index in [9.17, 15) is 0 Å². The lowest BCUT2D eigenvalue weighted by Crippen LogP contribution is -2.57. The summed E-state index contributed by atoms with van der Waals surface area (Å²) in [6.07, 6.45) is 0. The first-order valence-corrected chi connectivity index (χ1v) is 16.5. The van der Waals surface area contributed by atoms with Crippen LogP contribution in [0.3, 0.4) is 0 Å². The van der Waals surface area contributed by atoms with Crippen LogP contribution in [0.25, 0.3) is 60.2 Å². The number of hydrogen-bond acceptors (Lipinski definition) is 2.